The van der Waals surface area contributed by atoms with Crippen LogP contribution in [0, 0.1) is 6.92 Å². The summed E-state index contributed by atoms with van der Waals surface area (Å²) in [6.07, 6.45) is 6.19. The van der Waals surface area contributed by atoms with Crippen molar-refractivity contribution in [3.8, 4) is 0 Å². The van der Waals surface area contributed by atoms with E-state index >= 15 is 0 Å². The Hall–Kier alpha value is -4.13. The van der Waals surface area contributed by atoms with Gasteiger partial charge >= 0.3 is 0 Å². The molecule has 0 atom stereocenters. The topological polar surface area (TPSA) is 87.0 Å². The van der Waals surface area contributed by atoms with Crippen molar-refractivity contribution in [3.63, 3.8) is 0 Å². The molecule has 0 aliphatic carbocycles. The smallest absolute Gasteiger partial charge is 0.248 e. The molecule has 1 saturated heterocycles. The molecule has 0 unspecified atom stereocenters. The maximum absolute atomic E-state index is 12.7. The van der Waals surface area contributed by atoms with E-state index in [-0.39, 0.29) is 11.8 Å². The number of carbonyl (C=O) groups is 2. The number of hydrogen-bond donors (Lipinski definition) is 1. The number of fused-ring (bicyclic) bond motifs is 1. The van der Waals surface area contributed by atoms with Gasteiger partial charge in [-0.25, -0.2) is 0 Å². The fourth-order valence-corrected chi connectivity index (χ4v) is 4.49. The van der Waals surface area contributed by atoms with Crippen LogP contribution in [0.25, 0.3) is 10.9 Å². The molecule has 35 heavy (non-hydrogen) atoms. The number of carbonyl (C=O) groups excluding carboxylic acids is 2. The van der Waals surface area contributed by atoms with Crippen LogP contribution in [-0.2, 0) is 9.59 Å². The number of aliphatic imine (C=N–C) groups is 2. The van der Waals surface area contributed by atoms with E-state index in [0.717, 1.165) is 27.7 Å². The van der Waals surface area contributed by atoms with Crippen LogP contribution in [0.4, 0.5) is 5.69 Å². The number of amides is 2. The van der Waals surface area contributed by atoms with Gasteiger partial charge < -0.3 is 10.2 Å². The summed E-state index contributed by atoms with van der Waals surface area (Å²) < 4.78 is 0. The third kappa shape index (κ3) is 4.89. The van der Waals surface area contributed by atoms with Crippen molar-refractivity contribution in [3.05, 3.63) is 84.1 Å². The first-order chi connectivity index (χ1) is 16.9. The van der Waals surface area contributed by atoms with E-state index in [9.17, 15) is 9.59 Å². The van der Waals surface area contributed by atoms with Gasteiger partial charge in [-0.05, 0) is 25.1 Å². The summed E-state index contributed by atoms with van der Waals surface area (Å²) in [5, 5.41) is 3.84. The maximum atomic E-state index is 12.7. The zero-order chi connectivity index (χ0) is 24.4. The van der Waals surface area contributed by atoms with Gasteiger partial charge in [0.15, 0.2) is 5.66 Å². The lowest BCUT2D eigenvalue weighted by molar-refractivity contribution is -0.130. The molecular weight excluding hydrogens is 438 g/mol. The SMILES string of the molecule is CC(=O)N1CCC2(CC1)N=C(/C=C/C(=O)Nc1cnc3ccccc3c1)C(c1ccc(C)cc1)=N2. The maximum Gasteiger partial charge on any atom is 0.248 e. The molecule has 2 aromatic carbocycles. The summed E-state index contributed by atoms with van der Waals surface area (Å²) in [6.45, 7) is 4.88. The summed E-state index contributed by atoms with van der Waals surface area (Å²) in [4.78, 5) is 40.7. The first-order valence-corrected chi connectivity index (χ1v) is 11.8. The first-order valence-electron chi connectivity index (χ1n) is 11.8. The molecule has 5 rings (SSSR count). The molecule has 1 N–H and O–H groups in total. The van der Waals surface area contributed by atoms with Gasteiger partial charge in [0.05, 0.1) is 28.8 Å². The van der Waals surface area contributed by atoms with Crippen molar-refractivity contribution in [2.24, 2.45) is 9.98 Å². The molecule has 0 saturated carbocycles. The minimum absolute atomic E-state index is 0.0736. The highest BCUT2D eigenvalue weighted by molar-refractivity contribution is 6.53. The van der Waals surface area contributed by atoms with Crippen molar-refractivity contribution in [1.82, 2.24) is 9.88 Å². The number of piperidine rings is 1. The van der Waals surface area contributed by atoms with Crippen LogP contribution in [0.1, 0.15) is 30.9 Å². The molecule has 0 radical (unpaired) electrons. The van der Waals surface area contributed by atoms with Gasteiger partial charge in [-0.15, -0.1) is 0 Å². The zero-order valence-electron chi connectivity index (χ0n) is 19.9. The Balaban J connectivity index is 1.38. The molecule has 1 fully saturated rings. The average molecular weight is 466 g/mol. The van der Waals surface area contributed by atoms with E-state index < -0.39 is 5.66 Å². The van der Waals surface area contributed by atoms with E-state index in [1.165, 1.54) is 6.08 Å². The number of likely N-dealkylation sites (tertiary alicyclic amines) is 1. The highest BCUT2D eigenvalue weighted by atomic mass is 16.2. The van der Waals surface area contributed by atoms with Crippen LogP contribution in [-0.4, -0.2) is 51.9 Å². The second-order valence-electron chi connectivity index (χ2n) is 9.05. The highest BCUT2D eigenvalue weighted by Gasteiger charge is 2.39. The molecule has 2 amide bonds. The summed E-state index contributed by atoms with van der Waals surface area (Å²) >= 11 is 0. The second-order valence-corrected chi connectivity index (χ2v) is 9.05. The van der Waals surface area contributed by atoms with Crippen LogP contribution in [0.15, 0.2) is 82.9 Å². The summed E-state index contributed by atoms with van der Waals surface area (Å²) in [5.74, 6) is -0.190. The Bertz CT molecular complexity index is 1380. The standard InChI is InChI=1S/C28H27N5O2/c1-19-7-9-21(10-8-19)27-25(31-28(32-27)13-15-33(16-14-28)20(2)34)11-12-26(35)30-23-17-22-5-3-4-6-24(22)29-18-23/h3-12,17-18H,13-16H2,1-2H3,(H,30,35)/b12-11+. The van der Waals surface area contributed by atoms with Gasteiger partial charge in [-0.2, -0.15) is 0 Å². The Morgan fingerprint density at radius 2 is 1.77 bits per heavy atom. The number of aryl methyl sites for hydroxylation is 1. The van der Waals surface area contributed by atoms with Crippen LogP contribution in [0.3, 0.4) is 0 Å². The monoisotopic (exact) mass is 465 g/mol. The van der Waals surface area contributed by atoms with Crippen LogP contribution < -0.4 is 5.32 Å². The normalized spacial score (nSPS) is 17.0. The van der Waals surface area contributed by atoms with E-state index in [1.807, 2.05) is 66.4 Å². The molecule has 1 aromatic heterocycles. The molecular formula is C28H27N5O2. The number of rotatable bonds is 4. The summed E-state index contributed by atoms with van der Waals surface area (Å²) in [5.41, 5.74) is 4.49. The van der Waals surface area contributed by atoms with E-state index in [2.05, 4.69) is 10.3 Å². The number of nitrogens with one attached hydrogen (secondary N) is 1. The fourth-order valence-electron chi connectivity index (χ4n) is 4.49. The number of hydrogen-bond acceptors (Lipinski definition) is 5. The number of anilines is 1. The quantitative estimate of drug-likeness (QED) is 0.582. The van der Waals surface area contributed by atoms with Gasteiger partial charge in [0.1, 0.15) is 0 Å². The lowest BCUT2D eigenvalue weighted by Crippen LogP contribution is -2.43. The minimum Gasteiger partial charge on any atom is -0.343 e. The third-order valence-corrected chi connectivity index (χ3v) is 6.48. The Labute approximate surface area is 204 Å². The summed E-state index contributed by atoms with van der Waals surface area (Å²) in [7, 11) is 0. The second kappa shape index (κ2) is 9.25. The fraction of sp³-hybridized carbons (Fsp3) is 0.250. The van der Waals surface area contributed by atoms with E-state index in [4.69, 9.17) is 9.98 Å². The zero-order valence-corrected chi connectivity index (χ0v) is 19.9. The predicted octanol–water partition coefficient (Wildman–Crippen LogP) is 4.32. The molecule has 3 heterocycles. The van der Waals surface area contributed by atoms with Gasteiger partial charge in [-0.1, -0.05) is 48.0 Å². The van der Waals surface area contributed by atoms with Crippen LogP contribution in [0.2, 0.25) is 0 Å². The highest BCUT2D eigenvalue weighted by Crippen LogP contribution is 2.33. The van der Waals surface area contributed by atoms with Gasteiger partial charge in [0.25, 0.3) is 0 Å². The van der Waals surface area contributed by atoms with E-state index in [1.54, 1.807) is 19.2 Å². The largest absolute Gasteiger partial charge is 0.343 e. The van der Waals surface area contributed by atoms with Gasteiger partial charge in [0.2, 0.25) is 11.8 Å². The first kappa shape index (κ1) is 22.7. The number of nitrogens with zero attached hydrogens (tertiary/aromatic N) is 4. The molecule has 2 aliphatic rings. The molecule has 3 aromatic rings. The van der Waals surface area contributed by atoms with Gasteiger partial charge in [0, 0.05) is 49.9 Å². The Morgan fingerprint density at radius 3 is 2.51 bits per heavy atom. The minimum atomic E-state index is -0.593. The number of pyridine rings is 1. The van der Waals surface area contributed by atoms with Crippen molar-refractivity contribution in [2.75, 3.05) is 18.4 Å². The van der Waals surface area contributed by atoms with Crippen LogP contribution >= 0.6 is 0 Å². The van der Waals surface area contributed by atoms with E-state index in [0.29, 0.717) is 37.3 Å². The number of allylic oxidation sites excluding steroid dienone is 1. The van der Waals surface area contributed by atoms with Gasteiger partial charge in [-0.3, -0.25) is 24.6 Å². The van der Waals surface area contributed by atoms with Crippen molar-refractivity contribution in [1.29, 1.82) is 0 Å². The molecule has 7 heteroatoms. The molecule has 7 nitrogen and oxygen atoms in total. The summed E-state index contributed by atoms with van der Waals surface area (Å²) in [6, 6.07) is 17.8. The molecule has 176 valence electrons. The lowest BCUT2D eigenvalue weighted by Gasteiger charge is -2.34. The van der Waals surface area contributed by atoms with Crippen molar-refractivity contribution >= 4 is 39.8 Å². The Morgan fingerprint density at radius 1 is 1.03 bits per heavy atom. The molecule has 2 aliphatic heterocycles. The molecule has 1 spiro atoms. The lowest BCUT2D eigenvalue weighted by atomic mass is 9.98. The van der Waals surface area contributed by atoms with Crippen molar-refractivity contribution in [2.45, 2.75) is 32.4 Å². The molecule has 0 bridgehead atoms. The van der Waals surface area contributed by atoms with Crippen molar-refractivity contribution < 1.29 is 9.59 Å². The Kier molecular flexibility index (Phi) is 5.99. The number of benzene rings is 2. The average Bonchev–Trinajstić information content (AvgIpc) is 3.21. The predicted molar refractivity (Wildman–Crippen MR) is 139 cm³/mol. The number of para-hydroxylation sites is 1. The number of aromatic nitrogens is 1. The van der Waals surface area contributed by atoms with Crippen LogP contribution in [0.5, 0.6) is 0 Å². The third-order valence-electron chi connectivity index (χ3n) is 6.48.